The Morgan fingerprint density at radius 3 is 2.64 bits per heavy atom. The van der Waals surface area contributed by atoms with Gasteiger partial charge >= 0.3 is 0 Å². The molecule has 2 heterocycles. The van der Waals surface area contributed by atoms with Crippen molar-refractivity contribution in [2.45, 2.75) is 19.9 Å². The summed E-state index contributed by atoms with van der Waals surface area (Å²) in [6, 6.07) is 11.5. The predicted octanol–water partition coefficient (Wildman–Crippen LogP) is 3.20. The molecule has 0 saturated carbocycles. The Labute approximate surface area is 151 Å². The molecule has 1 amide bonds. The van der Waals surface area contributed by atoms with Crippen LogP contribution >= 0.6 is 11.3 Å². The Hall–Kier alpha value is -2.44. The number of nitrogens with one attached hydrogen (secondary N) is 1. The lowest BCUT2D eigenvalue weighted by atomic mass is 10.1. The highest BCUT2D eigenvalue weighted by Gasteiger charge is 2.19. The quantitative estimate of drug-likeness (QED) is 0.739. The zero-order chi connectivity index (χ0) is 18.0. The summed E-state index contributed by atoms with van der Waals surface area (Å²) >= 11 is 1.49. The summed E-state index contributed by atoms with van der Waals surface area (Å²) in [5, 5.41) is 7.33. The number of hydrogen-bond donors (Lipinski definition) is 2. The fourth-order valence-corrected chi connectivity index (χ4v) is 3.88. The minimum Gasteiger partial charge on any atom is -0.343 e. The zero-order valence-corrected chi connectivity index (χ0v) is 15.4. The fraction of sp³-hybridized carbons (Fsp3) is 0.263. The van der Waals surface area contributed by atoms with Crippen LogP contribution in [0.15, 0.2) is 42.6 Å². The van der Waals surface area contributed by atoms with Crippen LogP contribution in [0.1, 0.15) is 31.7 Å². The third-order valence-corrected chi connectivity index (χ3v) is 5.31. The molecular weight excluding hydrogens is 332 g/mol. The second kappa shape index (κ2) is 7.21. The predicted molar refractivity (Wildman–Crippen MR) is 102 cm³/mol. The minimum atomic E-state index is -0.196. The van der Waals surface area contributed by atoms with Crippen molar-refractivity contribution in [1.29, 1.82) is 0 Å². The van der Waals surface area contributed by atoms with E-state index in [1.165, 1.54) is 11.3 Å². The molecule has 1 atom stereocenters. The molecule has 6 heteroatoms. The zero-order valence-electron chi connectivity index (χ0n) is 14.6. The summed E-state index contributed by atoms with van der Waals surface area (Å²) < 4.78 is 1.85. The van der Waals surface area contributed by atoms with Gasteiger partial charge in [-0.15, -0.1) is 11.3 Å². The SMILES string of the molecule is Cc1cnn(C)c1-c1cc(C(=O)N[C@H](CN)c2ccccc2)sc1C. The molecular formula is C19H22N4OS. The van der Waals surface area contributed by atoms with E-state index in [0.29, 0.717) is 11.4 Å². The lowest BCUT2D eigenvalue weighted by Gasteiger charge is -2.16. The molecule has 0 spiro atoms. The molecule has 0 aliphatic heterocycles. The van der Waals surface area contributed by atoms with Gasteiger partial charge in [0.25, 0.3) is 5.91 Å². The Kier molecular flexibility index (Phi) is 5.01. The summed E-state index contributed by atoms with van der Waals surface area (Å²) in [4.78, 5) is 14.5. The van der Waals surface area contributed by atoms with Gasteiger partial charge in [0.15, 0.2) is 0 Å². The molecule has 3 aromatic rings. The van der Waals surface area contributed by atoms with E-state index >= 15 is 0 Å². The van der Waals surface area contributed by atoms with Crippen LogP contribution in [0.5, 0.6) is 0 Å². The van der Waals surface area contributed by atoms with Crippen LogP contribution in [0.4, 0.5) is 0 Å². The molecule has 0 aliphatic carbocycles. The van der Waals surface area contributed by atoms with Crippen molar-refractivity contribution in [3.63, 3.8) is 0 Å². The van der Waals surface area contributed by atoms with Crippen molar-refractivity contribution < 1.29 is 4.79 Å². The number of aromatic nitrogens is 2. The highest BCUT2D eigenvalue weighted by atomic mass is 32.1. The number of thiophene rings is 1. The summed E-state index contributed by atoms with van der Waals surface area (Å²) in [5.41, 5.74) is 10.1. The lowest BCUT2D eigenvalue weighted by molar-refractivity contribution is 0.0942. The van der Waals surface area contributed by atoms with Crippen LogP contribution in [0.25, 0.3) is 11.3 Å². The van der Waals surface area contributed by atoms with E-state index in [2.05, 4.69) is 10.4 Å². The van der Waals surface area contributed by atoms with Gasteiger partial charge in [0, 0.05) is 24.0 Å². The second-order valence-electron chi connectivity index (χ2n) is 6.05. The molecule has 5 nitrogen and oxygen atoms in total. The smallest absolute Gasteiger partial charge is 0.261 e. The molecule has 25 heavy (non-hydrogen) atoms. The van der Waals surface area contributed by atoms with Gasteiger partial charge < -0.3 is 11.1 Å². The first-order valence-electron chi connectivity index (χ1n) is 8.16. The van der Waals surface area contributed by atoms with Crippen molar-refractivity contribution in [3.8, 4) is 11.3 Å². The van der Waals surface area contributed by atoms with Gasteiger partial charge in [-0.1, -0.05) is 30.3 Å². The van der Waals surface area contributed by atoms with E-state index in [0.717, 1.165) is 27.3 Å². The molecule has 0 fully saturated rings. The van der Waals surface area contributed by atoms with E-state index in [1.807, 2.05) is 68.2 Å². The third kappa shape index (κ3) is 3.50. The number of nitrogens with zero attached hydrogens (tertiary/aromatic N) is 2. The minimum absolute atomic E-state index is 0.0986. The molecule has 0 unspecified atom stereocenters. The van der Waals surface area contributed by atoms with E-state index in [-0.39, 0.29) is 11.9 Å². The van der Waals surface area contributed by atoms with Crippen LogP contribution < -0.4 is 11.1 Å². The topological polar surface area (TPSA) is 72.9 Å². The maximum atomic E-state index is 12.7. The number of hydrogen-bond acceptors (Lipinski definition) is 4. The number of rotatable bonds is 5. The van der Waals surface area contributed by atoms with Gasteiger partial charge in [-0.25, -0.2) is 0 Å². The molecule has 3 rings (SSSR count). The van der Waals surface area contributed by atoms with Crippen LogP contribution in [0.2, 0.25) is 0 Å². The Balaban J connectivity index is 1.85. The maximum absolute atomic E-state index is 12.7. The molecule has 1 aromatic carbocycles. The maximum Gasteiger partial charge on any atom is 0.261 e. The monoisotopic (exact) mass is 354 g/mol. The number of aryl methyl sites for hydroxylation is 3. The lowest BCUT2D eigenvalue weighted by Crippen LogP contribution is -2.32. The molecule has 0 radical (unpaired) electrons. The molecule has 0 bridgehead atoms. The van der Waals surface area contributed by atoms with Crippen molar-refractivity contribution >= 4 is 17.2 Å². The van der Waals surface area contributed by atoms with E-state index in [1.54, 1.807) is 0 Å². The number of amides is 1. The highest BCUT2D eigenvalue weighted by molar-refractivity contribution is 7.14. The van der Waals surface area contributed by atoms with Gasteiger partial charge in [-0.3, -0.25) is 9.48 Å². The first-order chi connectivity index (χ1) is 12.0. The first-order valence-corrected chi connectivity index (χ1v) is 8.98. The molecule has 3 N–H and O–H groups in total. The van der Waals surface area contributed by atoms with E-state index < -0.39 is 0 Å². The Morgan fingerprint density at radius 1 is 1.32 bits per heavy atom. The van der Waals surface area contributed by atoms with Crippen LogP contribution in [-0.4, -0.2) is 22.2 Å². The van der Waals surface area contributed by atoms with Gasteiger partial charge in [-0.05, 0) is 31.0 Å². The van der Waals surface area contributed by atoms with Gasteiger partial charge in [0.2, 0.25) is 0 Å². The first kappa shape index (κ1) is 17.4. The molecule has 0 aliphatic rings. The third-order valence-electron chi connectivity index (χ3n) is 4.26. The summed E-state index contributed by atoms with van der Waals surface area (Å²) in [7, 11) is 1.92. The second-order valence-corrected chi connectivity index (χ2v) is 7.31. The van der Waals surface area contributed by atoms with E-state index in [9.17, 15) is 4.79 Å². The Bertz CT molecular complexity index is 863. The Morgan fingerprint density at radius 2 is 2.04 bits per heavy atom. The van der Waals surface area contributed by atoms with Crippen molar-refractivity contribution in [2.24, 2.45) is 12.8 Å². The molecule has 0 saturated heterocycles. The fourth-order valence-electron chi connectivity index (χ4n) is 2.96. The van der Waals surface area contributed by atoms with Crippen LogP contribution in [-0.2, 0) is 7.05 Å². The van der Waals surface area contributed by atoms with Crippen molar-refractivity contribution in [2.75, 3.05) is 6.54 Å². The normalized spacial score (nSPS) is 12.2. The van der Waals surface area contributed by atoms with Crippen molar-refractivity contribution in [3.05, 3.63) is 63.5 Å². The number of benzene rings is 1. The highest BCUT2D eigenvalue weighted by Crippen LogP contribution is 2.32. The summed E-state index contributed by atoms with van der Waals surface area (Å²) in [6.07, 6.45) is 1.84. The number of carbonyl (C=O) groups is 1. The van der Waals surface area contributed by atoms with Crippen molar-refractivity contribution in [1.82, 2.24) is 15.1 Å². The largest absolute Gasteiger partial charge is 0.343 e. The average molecular weight is 354 g/mol. The van der Waals surface area contributed by atoms with Gasteiger partial charge in [0.1, 0.15) is 0 Å². The molecule has 2 aromatic heterocycles. The van der Waals surface area contributed by atoms with Crippen LogP contribution in [0.3, 0.4) is 0 Å². The summed E-state index contributed by atoms with van der Waals surface area (Å²) in [6.45, 7) is 4.41. The van der Waals surface area contributed by atoms with E-state index in [4.69, 9.17) is 5.73 Å². The van der Waals surface area contributed by atoms with Gasteiger partial charge in [0.05, 0.1) is 22.8 Å². The number of carbonyl (C=O) groups excluding carboxylic acids is 1. The van der Waals surface area contributed by atoms with Gasteiger partial charge in [-0.2, -0.15) is 5.10 Å². The molecule has 130 valence electrons. The average Bonchev–Trinajstić information content (AvgIpc) is 3.15. The van der Waals surface area contributed by atoms with Crippen LogP contribution in [0, 0.1) is 13.8 Å². The summed E-state index contributed by atoms with van der Waals surface area (Å²) in [5.74, 6) is -0.0986. The standard InChI is InChI=1S/C19H22N4OS/c1-12-11-21-23(3)18(12)15-9-17(25-13(15)2)19(24)22-16(10-20)14-7-5-4-6-8-14/h4-9,11,16H,10,20H2,1-3H3,(H,22,24)/t16-/m1/s1. The number of nitrogens with two attached hydrogens (primary N) is 1.